The zero-order chi connectivity index (χ0) is 15.3. The molecule has 2 rings (SSSR count). The Morgan fingerprint density at radius 3 is 2.38 bits per heavy atom. The summed E-state index contributed by atoms with van der Waals surface area (Å²) in [6.45, 7) is 11.5. The van der Waals surface area contributed by atoms with Gasteiger partial charge in [-0.15, -0.1) is 0 Å². The summed E-state index contributed by atoms with van der Waals surface area (Å²) >= 11 is 0. The van der Waals surface area contributed by atoms with E-state index in [1.807, 2.05) is 0 Å². The number of nitrogens with zero attached hydrogens (tertiary/aromatic N) is 2. The second-order valence-corrected chi connectivity index (χ2v) is 7.49. The molecule has 1 aliphatic carbocycles. The second kappa shape index (κ2) is 7.94. The largest absolute Gasteiger partial charge is 0.329 e. The van der Waals surface area contributed by atoms with Crippen molar-refractivity contribution in [2.75, 3.05) is 26.2 Å². The lowest BCUT2D eigenvalue weighted by molar-refractivity contribution is 0.0236. The molecular formula is C18H37N3. The fourth-order valence-electron chi connectivity index (χ4n) is 4.70. The number of likely N-dealkylation sites (N-methyl/N-ethyl adjacent to an activating group) is 1. The maximum Gasteiger partial charge on any atom is 0.0347 e. The molecule has 1 saturated heterocycles. The van der Waals surface area contributed by atoms with Crippen molar-refractivity contribution in [1.82, 2.24) is 9.80 Å². The number of likely N-dealkylation sites (tertiary alicyclic amines) is 1. The molecule has 3 heteroatoms. The van der Waals surface area contributed by atoms with Crippen molar-refractivity contribution in [3.8, 4) is 0 Å². The monoisotopic (exact) mass is 295 g/mol. The lowest BCUT2D eigenvalue weighted by Crippen LogP contribution is -2.58. The van der Waals surface area contributed by atoms with Crippen molar-refractivity contribution in [2.24, 2.45) is 5.73 Å². The van der Waals surface area contributed by atoms with Crippen molar-refractivity contribution in [3.63, 3.8) is 0 Å². The SMILES string of the molecule is CCN(C1CCCCC1)C1(CN)CCCN(C(C)C)CC1. The van der Waals surface area contributed by atoms with Gasteiger partial charge in [0.1, 0.15) is 0 Å². The van der Waals surface area contributed by atoms with E-state index in [9.17, 15) is 0 Å². The van der Waals surface area contributed by atoms with E-state index in [0.29, 0.717) is 6.04 Å². The second-order valence-electron chi connectivity index (χ2n) is 7.49. The zero-order valence-corrected chi connectivity index (χ0v) is 14.6. The highest BCUT2D eigenvalue weighted by Gasteiger charge is 2.40. The summed E-state index contributed by atoms with van der Waals surface area (Å²) in [5.74, 6) is 0. The van der Waals surface area contributed by atoms with Gasteiger partial charge in [-0.05, 0) is 59.0 Å². The van der Waals surface area contributed by atoms with Crippen LogP contribution in [0.5, 0.6) is 0 Å². The Kier molecular flexibility index (Phi) is 6.51. The standard InChI is InChI=1S/C18H37N3/c1-4-21(17-9-6-5-7-10-17)18(15-19)11-8-13-20(14-12-18)16(2)3/h16-17H,4-15,19H2,1-3H3. The van der Waals surface area contributed by atoms with E-state index in [1.165, 1.54) is 71.0 Å². The predicted molar refractivity (Wildman–Crippen MR) is 91.6 cm³/mol. The molecule has 0 radical (unpaired) electrons. The highest BCUT2D eigenvalue weighted by Crippen LogP contribution is 2.34. The number of hydrogen-bond acceptors (Lipinski definition) is 3. The van der Waals surface area contributed by atoms with Crippen molar-refractivity contribution < 1.29 is 0 Å². The Hall–Kier alpha value is -0.120. The molecule has 1 aliphatic heterocycles. The van der Waals surface area contributed by atoms with Crippen LogP contribution >= 0.6 is 0 Å². The first kappa shape index (κ1) is 17.2. The minimum atomic E-state index is 0.264. The van der Waals surface area contributed by atoms with Gasteiger partial charge in [0.2, 0.25) is 0 Å². The van der Waals surface area contributed by atoms with Crippen LogP contribution in [-0.4, -0.2) is 53.6 Å². The van der Waals surface area contributed by atoms with Crippen molar-refractivity contribution in [2.45, 2.75) is 89.8 Å². The Bertz CT molecular complexity index is 299. The third-order valence-electron chi connectivity index (χ3n) is 6.03. The molecule has 1 unspecified atom stereocenters. The minimum absolute atomic E-state index is 0.264. The molecule has 3 nitrogen and oxygen atoms in total. The Labute approximate surface area is 132 Å². The number of nitrogens with two attached hydrogens (primary N) is 1. The summed E-state index contributed by atoms with van der Waals surface area (Å²) in [6, 6.07) is 1.46. The molecule has 0 amide bonds. The van der Waals surface area contributed by atoms with Gasteiger partial charge >= 0.3 is 0 Å². The third-order valence-corrected chi connectivity index (χ3v) is 6.03. The highest BCUT2D eigenvalue weighted by molar-refractivity contribution is 4.97. The molecule has 0 aromatic carbocycles. The summed E-state index contributed by atoms with van der Waals surface area (Å²) < 4.78 is 0. The van der Waals surface area contributed by atoms with E-state index in [4.69, 9.17) is 5.73 Å². The highest BCUT2D eigenvalue weighted by atomic mass is 15.3. The lowest BCUT2D eigenvalue weighted by Gasteiger charge is -2.48. The molecular weight excluding hydrogens is 258 g/mol. The normalized spacial score (nSPS) is 30.0. The van der Waals surface area contributed by atoms with Crippen LogP contribution in [0, 0.1) is 0 Å². The summed E-state index contributed by atoms with van der Waals surface area (Å²) in [5.41, 5.74) is 6.62. The van der Waals surface area contributed by atoms with Crippen LogP contribution in [0.15, 0.2) is 0 Å². The molecule has 1 atom stereocenters. The van der Waals surface area contributed by atoms with Crippen molar-refractivity contribution >= 4 is 0 Å². The molecule has 0 bridgehead atoms. The van der Waals surface area contributed by atoms with Gasteiger partial charge < -0.3 is 10.6 Å². The van der Waals surface area contributed by atoms with Gasteiger partial charge in [0.05, 0.1) is 0 Å². The third kappa shape index (κ3) is 4.00. The van der Waals surface area contributed by atoms with E-state index in [1.54, 1.807) is 0 Å². The molecule has 1 saturated carbocycles. The van der Waals surface area contributed by atoms with Crippen LogP contribution in [0.25, 0.3) is 0 Å². The van der Waals surface area contributed by atoms with Crippen LogP contribution in [0.3, 0.4) is 0 Å². The van der Waals surface area contributed by atoms with E-state index in [2.05, 4.69) is 30.6 Å². The van der Waals surface area contributed by atoms with Crippen LogP contribution in [0.1, 0.15) is 72.1 Å². The topological polar surface area (TPSA) is 32.5 Å². The van der Waals surface area contributed by atoms with Gasteiger partial charge in [-0.3, -0.25) is 4.90 Å². The van der Waals surface area contributed by atoms with Crippen molar-refractivity contribution in [1.29, 1.82) is 0 Å². The lowest BCUT2D eigenvalue weighted by atomic mass is 9.83. The molecule has 2 aliphatic rings. The van der Waals surface area contributed by atoms with E-state index in [-0.39, 0.29) is 5.54 Å². The van der Waals surface area contributed by atoms with Gasteiger partial charge in [-0.2, -0.15) is 0 Å². The van der Waals surface area contributed by atoms with Crippen LogP contribution in [-0.2, 0) is 0 Å². The smallest absolute Gasteiger partial charge is 0.0347 e. The molecule has 124 valence electrons. The predicted octanol–water partition coefficient (Wildman–Crippen LogP) is 3.23. The van der Waals surface area contributed by atoms with Gasteiger partial charge in [0.25, 0.3) is 0 Å². The van der Waals surface area contributed by atoms with Gasteiger partial charge in [0, 0.05) is 30.7 Å². The minimum Gasteiger partial charge on any atom is -0.329 e. The van der Waals surface area contributed by atoms with Gasteiger partial charge in [0.15, 0.2) is 0 Å². The maximum atomic E-state index is 6.35. The number of rotatable bonds is 5. The molecule has 1 heterocycles. The van der Waals surface area contributed by atoms with E-state index in [0.717, 1.165) is 12.6 Å². The molecule has 21 heavy (non-hydrogen) atoms. The summed E-state index contributed by atoms with van der Waals surface area (Å²) in [6.07, 6.45) is 10.9. The molecule has 0 aromatic heterocycles. The fraction of sp³-hybridized carbons (Fsp3) is 1.00. The summed E-state index contributed by atoms with van der Waals surface area (Å²) in [4.78, 5) is 5.46. The zero-order valence-electron chi connectivity index (χ0n) is 14.6. The first-order valence-electron chi connectivity index (χ1n) is 9.34. The quantitative estimate of drug-likeness (QED) is 0.845. The fourth-order valence-corrected chi connectivity index (χ4v) is 4.70. The molecule has 2 N–H and O–H groups in total. The molecule has 0 spiro atoms. The van der Waals surface area contributed by atoms with Gasteiger partial charge in [-0.25, -0.2) is 0 Å². The molecule has 2 fully saturated rings. The van der Waals surface area contributed by atoms with Crippen LogP contribution in [0.4, 0.5) is 0 Å². The summed E-state index contributed by atoms with van der Waals surface area (Å²) in [7, 11) is 0. The average molecular weight is 296 g/mol. The first-order valence-corrected chi connectivity index (χ1v) is 9.34. The molecule has 0 aromatic rings. The van der Waals surface area contributed by atoms with E-state index >= 15 is 0 Å². The van der Waals surface area contributed by atoms with Crippen LogP contribution < -0.4 is 5.73 Å². The maximum absolute atomic E-state index is 6.35. The Morgan fingerprint density at radius 2 is 1.81 bits per heavy atom. The van der Waals surface area contributed by atoms with Crippen molar-refractivity contribution in [3.05, 3.63) is 0 Å². The Morgan fingerprint density at radius 1 is 1.10 bits per heavy atom. The average Bonchev–Trinajstić information content (AvgIpc) is 2.73. The Balaban J connectivity index is 2.10. The van der Waals surface area contributed by atoms with Crippen LogP contribution in [0.2, 0.25) is 0 Å². The summed E-state index contributed by atoms with van der Waals surface area (Å²) in [5, 5.41) is 0. The van der Waals surface area contributed by atoms with E-state index < -0.39 is 0 Å². The first-order chi connectivity index (χ1) is 10.1. The number of hydrogen-bond donors (Lipinski definition) is 1. The van der Waals surface area contributed by atoms with Gasteiger partial charge in [-0.1, -0.05) is 26.2 Å².